The second kappa shape index (κ2) is 8.37. The predicted molar refractivity (Wildman–Crippen MR) is 74.5 cm³/mol. The highest BCUT2D eigenvalue weighted by atomic mass is 16.4. The Morgan fingerprint density at radius 2 is 2.00 bits per heavy atom. The maximum absolute atomic E-state index is 11.8. The number of furan rings is 1. The molecule has 1 heterocycles. The number of carboxylic acids is 1. The zero-order valence-corrected chi connectivity index (χ0v) is 12.0. The highest BCUT2D eigenvalue weighted by Crippen LogP contribution is 2.10. The van der Waals surface area contributed by atoms with Gasteiger partial charge in [-0.1, -0.05) is 13.8 Å². The molecule has 0 bridgehead atoms. The highest BCUT2D eigenvalue weighted by molar-refractivity contribution is 5.91. The standard InChI is InChI=1S/C14H22N2O4/c1-3-16(4-2)10-11-7-8-12(20-11)14(19)15-9-5-6-13(17)18/h7-8H,3-6,9-10H2,1-2H3,(H,15,19)(H,17,18). The fourth-order valence-electron chi connectivity index (χ4n) is 1.78. The molecule has 0 atom stereocenters. The van der Waals surface area contributed by atoms with Gasteiger partial charge in [0, 0.05) is 13.0 Å². The third-order valence-electron chi connectivity index (χ3n) is 3.01. The molecule has 2 N–H and O–H groups in total. The van der Waals surface area contributed by atoms with E-state index in [9.17, 15) is 9.59 Å². The predicted octanol–water partition coefficient (Wildman–Crippen LogP) is 1.72. The topological polar surface area (TPSA) is 82.8 Å². The van der Waals surface area contributed by atoms with Crippen molar-refractivity contribution < 1.29 is 19.1 Å². The first kappa shape index (κ1) is 16.2. The first-order valence-electron chi connectivity index (χ1n) is 6.87. The van der Waals surface area contributed by atoms with E-state index in [4.69, 9.17) is 9.52 Å². The van der Waals surface area contributed by atoms with E-state index in [1.165, 1.54) is 0 Å². The van der Waals surface area contributed by atoms with Crippen molar-refractivity contribution in [2.75, 3.05) is 19.6 Å². The van der Waals surface area contributed by atoms with E-state index < -0.39 is 5.97 Å². The van der Waals surface area contributed by atoms with Crippen LogP contribution in [0.5, 0.6) is 0 Å². The molecule has 6 heteroatoms. The molecule has 1 aromatic rings. The molecule has 6 nitrogen and oxygen atoms in total. The molecule has 0 spiro atoms. The van der Waals surface area contributed by atoms with Crippen LogP contribution in [0, 0.1) is 0 Å². The number of nitrogens with one attached hydrogen (secondary N) is 1. The van der Waals surface area contributed by atoms with Gasteiger partial charge in [-0.15, -0.1) is 0 Å². The lowest BCUT2D eigenvalue weighted by molar-refractivity contribution is -0.137. The number of aliphatic carboxylic acids is 1. The molecule has 1 aromatic heterocycles. The van der Waals surface area contributed by atoms with Crippen LogP contribution in [-0.2, 0) is 11.3 Å². The fourth-order valence-corrected chi connectivity index (χ4v) is 1.78. The van der Waals surface area contributed by atoms with E-state index in [2.05, 4.69) is 24.1 Å². The van der Waals surface area contributed by atoms with Gasteiger partial charge in [-0.3, -0.25) is 14.5 Å². The first-order valence-corrected chi connectivity index (χ1v) is 6.87. The van der Waals surface area contributed by atoms with Gasteiger partial charge >= 0.3 is 5.97 Å². The van der Waals surface area contributed by atoms with Crippen LogP contribution < -0.4 is 5.32 Å². The van der Waals surface area contributed by atoms with Crippen LogP contribution in [0.3, 0.4) is 0 Å². The van der Waals surface area contributed by atoms with Gasteiger partial charge in [-0.2, -0.15) is 0 Å². The molecule has 0 unspecified atom stereocenters. The zero-order valence-electron chi connectivity index (χ0n) is 12.0. The largest absolute Gasteiger partial charge is 0.481 e. The summed E-state index contributed by atoms with van der Waals surface area (Å²) in [7, 11) is 0. The number of amides is 1. The number of rotatable bonds is 9. The van der Waals surface area contributed by atoms with Crippen LogP contribution in [0.1, 0.15) is 43.0 Å². The van der Waals surface area contributed by atoms with Crippen LogP contribution in [0.2, 0.25) is 0 Å². The Balaban J connectivity index is 2.41. The molecule has 0 aliphatic rings. The van der Waals surface area contributed by atoms with Crippen molar-refractivity contribution in [1.29, 1.82) is 0 Å². The SMILES string of the molecule is CCN(CC)Cc1ccc(C(=O)NCCCC(=O)O)o1. The smallest absolute Gasteiger partial charge is 0.303 e. The van der Waals surface area contributed by atoms with Crippen molar-refractivity contribution in [2.45, 2.75) is 33.2 Å². The average Bonchev–Trinajstić information content (AvgIpc) is 2.89. The Kier molecular flexibility index (Phi) is 6.79. The van der Waals surface area contributed by atoms with Gasteiger partial charge in [-0.05, 0) is 31.6 Å². The third-order valence-corrected chi connectivity index (χ3v) is 3.01. The minimum atomic E-state index is -0.862. The van der Waals surface area contributed by atoms with E-state index in [-0.39, 0.29) is 18.1 Å². The molecule has 0 saturated heterocycles. The summed E-state index contributed by atoms with van der Waals surface area (Å²) < 4.78 is 5.49. The second-order valence-electron chi connectivity index (χ2n) is 4.48. The number of carbonyl (C=O) groups is 2. The lowest BCUT2D eigenvalue weighted by Crippen LogP contribution is -2.24. The molecule has 20 heavy (non-hydrogen) atoms. The molecule has 1 amide bonds. The molecular weight excluding hydrogens is 260 g/mol. The summed E-state index contributed by atoms with van der Waals surface area (Å²) in [6.45, 7) is 7.00. The Hall–Kier alpha value is -1.82. The van der Waals surface area contributed by atoms with Crippen LogP contribution in [-0.4, -0.2) is 41.5 Å². The minimum absolute atomic E-state index is 0.0473. The summed E-state index contributed by atoms with van der Waals surface area (Å²) in [5, 5.41) is 11.1. The first-order chi connectivity index (χ1) is 9.56. The van der Waals surface area contributed by atoms with E-state index in [1.54, 1.807) is 12.1 Å². The summed E-state index contributed by atoms with van der Waals surface area (Å²) in [5.74, 6) is -0.146. The summed E-state index contributed by atoms with van der Waals surface area (Å²) in [5.41, 5.74) is 0. The normalized spacial score (nSPS) is 10.8. The second-order valence-corrected chi connectivity index (χ2v) is 4.48. The van der Waals surface area contributed by atoms with Crippen molar-refractivity contribution in [3.05, 3.63) is 23.7 Å². The third kappa shape index (κ3) is 5.44. The molecule has 0 aliphatic heterocycles. The molecule has 112 valence electrons. The van der Waals surface area contributed by atoms with Crippen LogP contribution in [0.4, 0.5) is 0 Å². The Labute approximate surface area is 118 Å². The Morgan fingerprint density at radius 3 is 2.60 bits per heavy atom. The highest BCUT2D eigenvalue weighted by Gasteiger charge is 2.12. The molecule has 1 rings (SSSR count). The van der Waals surface area contributed by atoms with Crippen LogP contribution in [0.15, 0.2) is 16.5 Å². The van der Waals surface area contributed by atoms with Crippen LogP contribution >= 0.6 is 0 Å². The Morgan fingerprint density at radius 1 is 1.30 bits per heavy atom. The van der Waals surface area contributed by atoms with Gasteiger partial charge in [0.25, 0.3) is 5.91 Å². The minimum Gasteiger partial charge on any atom is -0.481 e. The van der Waals surface area contributed by atoms with E-state index in [0.29, 0.717) is 19.5 Å². The van der Waals surface area contributed by atoms with Gasteiger partial charge in [0.2, 0.25) is 0 Å². The van der Waals surface area contributed by atoms with Crippen molar-refractivity contribution in [3.8, 4) is 0 Å². The summed E-state index contributed by atoms with van der Waals surface area (Å²) in [4.78, 5) is 24.3. The van der Waals surface area contributed by atoms with E-state index >= 15 is 0 Å². The van der Waals surface area contributed by atoms with Crippen molar-refractivity contribution >= 4 is 11.9 Å². The molecule has 0 fully saturated rings. The van der Waals surface area contributed by atoms with Crippen molar-refractivity contribution in [2.24, 2.45) is 0 Å². The van der Waals surface area contributed by atoms with Gasteiger partial charge in [0.15, 0.2) is 5.76 Å². The number of carbonyl (C=O) groups excluding carboxylic acids is 1. The molecule has 0 radical (unpaired) electrons. The lowest BCUT2D eigenvalue weighted by atomic mass is 10.3. The van der Waals surface area contributed by atoms with Gasteiger partial charge < -0.3 is 14.8 Å². The maximum Gasteiger partial charge on any atom is 0.303 e. The van der Waals surface area contributed by atoms with Crippen molar-refractivity contribution in [1.82, 2.24) is 10.2 Å². The van der Waals surface area contributed by atoms with E-state index in [1.807, 2.05) is 0 Å². The monoisotopic (exact) mass is 282 g/mol. The molecular formula is C14H22N2O4. The van der Waals surface area contributed by atoms with Crippen LogP contribution in [0.25, 0.3) is 0 Å². The molecule has 0 aromatic carbocycles. The summed E-state index contributed by atoms with van der Waals surface area (Å²) in [6, 6.07) is 3.44. The molecule has 0 aliphatic carbocycles. The summed E-state index contributed by atoms with van der Waals surface area (Å²) in [6.07, 6.45) is 0.458. The average molecular weight is 282 g/mol. The maximum atomic E-state index is 11.8. The quantitative estimate of drug-likeness (QED) is 0.674. The number of carboxylic acid groups (broad SMARTS) is 1. The van der Waals surface area contributed by atoms with E-state index in [0.717, 1.165) is 18.8 Å². The van der Waals surface area contributed by atoms with Gasteiger partial charge in [-0.25, -0.2) is 0 Å². The van der Waals surface area contributed by atoms with Gasteiger partial charge in [0.1, 0.15) is 5.76 Å². The molecule has 0 saturated carbocycles. The lowest BCUT2D eigenvalue weighted by Gasteiger charge is -2.15. The van der Waals surface area contributed by atoms with Crippen molar-refractivity contribution in [3.63, 3.8) is 0 Å². The number of hydrogen-bond donors (Lipinski definition) is 2. The number of nitrogens with zero attached hydrogens (tertiary/aromatic N) is 1. The Bertz CT molecular complexity index is 438. The summed E-state index contributed by atoms with van der Waals surface area (Å²) >= 11 is 0. The fraction of sp³-hybridized carbons (Fsp3) is 0.571. The number of hydrogen-bond acceptors (Lipinski definition) is 4. The zero-order chi connectivity index (χ0) is 15.0. The van der Waals surface area contributed by atoms with Gasteiger partial charge in [0.05, 0.1) is 6.54 Å².